The van der Waals surface area contributed by atoms with Crippen LogP contribution >= 0.6 is 0 Å². The minimum Gasteiger partial charge on any atom is -0.375 e. The number of epoxide rings is 1. The molecule has 9 heteroatoms. The highest BCUT2D eigenvalue weighted by Gasteiger charge is 2.56. The van der Waals surface area contributed by atoms with E-state index >= 15 is 0 Å². The van der Waals surface area contributed by atoms with E-state index in [1.54, 1.807) is 0 Å². The summed E-state index contributed by atoms with van der Waals surface area (Å²) in [6.07, 6.45) is -7.13. The smallest absolute Gasteiger partial charge is 0.375 e. The van der Waals surface area contributed by atoms with Gasteiger partial charge in [0.25, 0.3) is 0 Å². The maximum absolute atomic E-state index is 13.8. The van der Waals surface area contributed by atoms with Crippen LogP contribution in [0.3, 0.4) is 0 Å². The van der Waals surface area contributed by atoms with Crippen LogP contribution in [0.2, 0.25) is 0 Å². The van der Waals surface area contributed by atoms with E-state index in [2.05, 4.69) is 0 Å². The average Bonchev–Trinajstić information content (AvgIpc) is 3.73. The maximum Gasteiger partial charge on any atom is 0.471 e. The van der Waals surface area contributed by atoms with Crippen molar-refractivity contribution >= 4 is 5.91 Å². The van der Waals surface area contributed by atoms with Crippen molar-refractivity contribution in [1.29, 1.82) is 0 Å². The Balaban J connectivity index is 1.45. The number of carbonyl (C=O) groups is 1. The fraction of sp³-hybridized carbons (Fsp3) is 0.387. The highest BCUT2D eigenvalue weighted by molar-refractivity contribution is 5.82. The summed E-state index contributed by atoms with van der Waals surface area (Å²) < 4.78 is 66.1. The van der Waals surface area contributed by atoms with Crippen LogP contribution in [-0.4, -0.2) is 60.6 Å². The molecule has 3 aromatic rings. The summed E-state index contributed by atoms with van der Waals surface area (Å²) in [6, 6.07) is 27.1. The number of fused-ring (bicyclic) bond motifs is 1. The molecule has 2 heterocycles. The number of alkyl halides is 3. The molecule has 3 aromatic carbocycles. The minimum absolute atomic E-state index is 0.122. The first kappa shape index (κ1) is 28.3. The third-order valence-electron chi connectivity index (χ3n) is 7.18. The second kappa shape index (κ2) is 13.0. The van der Waals surface area contributed by atoms with Crippen LogP contribution in [0.25, 0.3) is 0 Å². The number of carbonyl (C=O) groups excluding carboxylic acids is 1. The summed E-state index contributed by atoms with van der Waals surface area (Å²) in [5.41, 5.74) is 2.62. The van der Waals surface area contributed by atoms with Gasteiger partial charge in [0.2, 0.25) is 0 Å². The molecular formula is C31H32F3NO5. The number of nitrogens with zero attached hydrogens (tertiary/aromatic N) is 1. The highest BCUT2D eigenvalue weighted by Crippen LogP contribution is 2.38. The SMILES string of the molecule is O=C(N1CC[C@H]2O[C@H]2[C@@H](OCc2ccccc2)[C@H](OCc2ccccc2)[C@H]1COCc1ccccc1)C(F)(F)F. The van der Waals surface area contributed by atoms with Crippen LogP contribution in [0, 0.1) is 0 Å². The van der Waals surface area contributed by atoms with Gasteiger partial charge in [0, 0.05) is 6.54 Å². The molecule has 2 saturated heterocycles. The molecule has 0 radical (unpaired) electrons. The molecule has 2 fully saturated rings. The van der Waals surface area contributed by atoms with Crippen molar-refractivity contribution in [2.45, 2.75) is 62.9 Å². The Morgan fingerprint density at radius 3 is 1.80 bits per heavy atom. The summed E-state index contributed by atoms with van der Waals surface area (Å²) in [7, 11) is 0. The van der Waals surface area contributed by atoms with Gasteiger partial charge in [0.05, 0.1) is 38.6 Å². The minimum atomic E-state index is -5.05. The molecule has 0 N–H and O–H groups in total. The summed E-state index contributed by atoms with van der Waals surface area (Å²) in [5.74, 6) is -1.92. The molecule has 6 nitrogen and oxygen atoms in total. The van der Waals surface area contributed by atoms with Crippen molar-refractivity contribution in [2.24, 2.45) is 0 Å². The Hall–Kier alpha value is -3.24. The van der Waals surface area contributed by atoms with Gasteiger partial charge in [-0.05, 0) is 23.1 Å². The number of rotatable bonds is 10. The number of benzene rings is 3. The Bertz CT molecular complexity index is 1210. The zero-order valence-electron chi connectivity index (χ0n) is 21.9. The monoisotopic (exact) mass is 555 g/mol. The van der Waals surface area contributed by atoms with Crippen molar-refractivity contribution in [3.8, 4) is 0 Å². The van der Waals surface area contributed by atoms with E-state index in [4.69, 9.17) is 18.9 Å². The van der Waals surface area contributed by atoms with Gasteiger partial charge >= 0.3 is 12.1 Å². The van der Waals surface area contributed by atoms with Crippen molar-refractivity contribution in [1.82, 2.24) is 4.90 Å². The molecule has 0 aromatic heterocycles. The molecule has 40 heavy (non-hydrogen) atoms. The molecule has 2 aliphatic rings. The molecule has 0 bridgehead atoms. The number of likely N-dealkylation sites (tertiary alicyclic amines) is 1. The fourth-order valence-electron chi connectivity index (χ4n) is 5.09. The van der Waals surface area contributed by atoms with Gasteiger partial charge in [-0.15, -0.1) is 0 Å². The molecule has 212 valence electrons. The summed E-state index contributed by atoms with van der Waals surface area (Å²) >= 11 is 0. The van der Waals surface area contributed by atoms with Crippen molar-refractivity contribution in [2.75, 3.05) is 13.2 Å². The summed E-state index contributed by atoms with van der Waals surface area (Å²) in [4.78, 5) is 13.6. The van der Waals surface area contributed by atoms with Gasteiger partial charge in [-0.2, -0.15) is 13.2 Å². The van der Waals surface area contributed by atoms with E-state index in [0.29, 0.717) is 0 Å². The maximum atomic E-state index is 13.8. The topological polar surface area (TPSA) is 60.5 Å². The lowest BCUT2D eigenvalue weighted by atomic mass is 9.95. The van der Waals surface area contributed by atoms with Crippen LogP contribution in [0.5, 0.6) is 0 Å². The Morgan fingerprint density at radius 1 is 0.775 bits per heavy atom. The lowest BCUT2D eigenvalue weighted by Crippen LogP contribution is -2.60. The quantitative estimate of drug-likeness (QED) is 0.318. The molecule has 0 spiro atoms. The number of hydrogen-bond acceptors (Lipinski definition) is 5. The lowest BCUT2D eigenvalue weighted by molar-refractivity contribution is -0.198. The largest absolute Gasteiger partial charge is 0.471 e. The predicted molar refractivity (Wildman–Crippen MR) is 141 cm³/mol. The van der Waals surface area contributed by atoms with E-state index in [1.165, 1.54) is 0 Å². The standard InChI is InChI=1S/C31H32F3NO5/c32-31(33,34)30(36)35-17-16-26-28(40-26)29(39-20-24-14-8-3-9-15-24)27(38-19-23-12-6-2-7-13-23)25(35)21-37-18-22-10-4-1-5-11-22/h1-15,25-29H,16-21H2/t25-,26-,27-,28-,29+/m1/s1. The first-order valence-electron chi connectivity index (χ1n) is 13.4. The van der Waals surface area contributed by atoms with E-state index in [0.717, 1.165) is 21.6 Å². The molecule has 5 rings (SSSR count). The molecule has 0 saturated carbocycles. The van der Waals surface area contributed by atoms with E-state index in [-0.39, 0.29) is 51.6 Å². The van der Waals surface area contributed by atoms with E-state index in [1.807, 2.05) is 91.0 Å². The first-order valence-corrected chi connectivity index (χ1v) is 13.4. The average molecular weight is 556 g/mol. The molecule has 5 atom stereocenters. The zero-order chi connectivity index (χ0) is 28.0. The molecular weight excluding hydrogens is 523 g/mol. The third-order valence-corrected chi connectivity index (χ3v) is 7.18. The summed E-state index contributed by atoms with van der Waals surface area (Å²) in [6.45, 7) is 0.217. The number of halogens is 3. The lowest BCUT2D eigenvalue weighted by Gasteiger charge is -2.41. The molecule has 0 aliphatic carbocycles. The van der Waals surface area contributed by atoms with Gasteiger partial charge in [-0.1, -0.05) is 91.0 Å². The zero-order valence-corrected chi connectivity index (χ0v) is 21.9. The van der Waals surface area contributed by atoms with Crippen LogP contribution in [0.1, 0.15) is 23.1 Å². The second-order valence-electron chi connectivity index (χ2n) is 10.0. The predicted octanol–water partition coefficient (Wildman–Crippen LogP) is 5.30. The second-order valence-corrected chi connectivity index (χ2v) is 10.0. The normalized spacial score (nSPS) is 24.6. The fourth-order valence-corrected chi connectivity index (χ4v) is 5.09. The van der Waals surface area contributed by atoms with E-state index < -0.39 is 30.3 Å². The van der Waals surface area contributed by atoms with Gasteiger partial charge in [-0.3, -0.25) is 4.79 Å². The molecule has 2 aliphatic heterocycles. The highest BCUT2D eigenvalue weighted by atomic mass is 19.4. The summed E-state index contributed by atoms with van der Waals surface area (Å²) in [5, 5.41) is 0. The Kier molecular flexibility index (Phi) is 9.16. The van der Waals surface area contributed by atoms with Crippen LogP contribution in [0.15, 0.2) is 91.0 Å². The van der Waals surface area contributed by atoms with Gasteiger partial charge in [0.15, 0.2) is 0 Å². The van der Waals surface area contributed by atoms with Crippen LogP contribution in [-0.2, 0) is 43.6 Å². The molecule has 1 amide bonds. The number of amides is 1. The van der Waals surface area contributed by atoms with E-state index in [9.17, 15) is 18.0 Å². The van der Waals surface area contributed by atoms with Crippen molar-refractivity contribution in [3.63, 3.8) is 0 Å². The Morgan fingerprint density at radius 2 is 1.27 bits per heavy atom. The van der Waals surface area contributed by atoms with Gasteiger partial charge in [0.1, 0.15) is 18.3 Å². The van der Waals surface area contributed by atoms with Crippen LogP contribution in [0.4, 0.5) is 13.2 Å². The Labute approximate surface area is 231 Å². The first-order chi connectivity index (χ1) is 19.4. The number of ether oxygens (including phenoxy) is 4. The van der Waals surface area contributed by atoms with Gasteiger partial charge < -0.3 is 23.8 Å². The third kappa shape index (κ3) is 7.28. The van der Waals surface area contributed by atoms with Crippen molar-refractivity contribution in [3.05, 3.63) is 108 Å². The van der Waals surface area contributed by atoms with Crippen molar-refractivity contribution < 1.29 is 36.9 Å². The van der Waals surface area contributed by atoms with Crippen LogP contribution < -0.4 is 0 Å². The molecule has 0 unspecified atom stereocenters. The van der Waals surface area contributed by atoms with Gasteiger partial charge in [-0.25, -0.2) is 0 Å². The number of hydrogen-bond donors (Lipinski definition) is 0.